The summed E-state index contributed by atoms with van der Waals surface area (Å²) in [6, 6.07) is 45.6. The van der Waals surface area contributed by atoms with Gasteiger partial charge >= 0.3 is 0 Å². The lowest BCUT2D eigenvalue weighted by Crippen LogP contribution is -2.40. The van der Waals surface area contributed by atoms with Crippen molar-refractivity contribution < 1.29 is 4.74 Å². The summed E-state index contributed by atoms with van der Waals surface area (Å²) in [7, 11) is 1.83. The summed E-state index contributed by atoms with van der Waals surface area (Å²) in [6.45, 7) is 16.0. The number of rotatable bonds is 19. The average molecular weight is 699 g/mol. The van der Waals surface area contributed by atoms with Crippen LogP contribution in [0.2, 0.25) is 0 Å². The van der Waals surface area contributed by atoms with Crippen LogP contribution in [-0.2, 0) is 15.6 Å². The minimum Gasteiger partial charge on any atom is -0.385 e. The van der Waals surface area contributed by atoms with Gasteiger partial charge in [0.15, 0.2) is 0 Å². The van der Waals surface area contributed by atoms with Gasteiger partial charge in [-0.1, -0.05) is 189 Å². The van der Waals surface area contributed by atoms with E-state index in [4.69, 9.17) is 4.74 Å². The Morgan fingerprint density at radius 2 is 0.788 bits per heavy atom. The van der Waals surface area contributed by atoms with Crippen LogP contribution in [-0.4, -0.2) is 13.7 Å². The highest BCUT2D eigenvalue weighted by atomic mass is 16.5. The Morgan fingerprint density at radius 3 is 1.12 bits per heavy atom. The molecule has 0 amide bonds. The van der Waals surface area contributed by atoms with Gasteiger partial charge in [-0.3, -0.25) is 0 Å². The van der Waals surface area contributed by atoms with Crippen molar-refractivity contribution in [2.24, 2.45) is 22.2 Å². The molecule has 1 nitrogen and oxygen atoms in total. The van der Waals surface area contributed by atoms with Crippen LogP contribution in [0.3, 0.4) is 0 Å². The van der Waals surface area contributed by atoms with Crippen molar-refractivity contribution in [2.75, 3.05) is 13.7 Å². The minimum absolute atomic E-state index is 0.000310. The molecule has 0 radical (unpaired) electrons. The van der Waals surface area contributed by atoms with Crippen molar-refractivity contribution in [3.63, 3.8) is 0 Å². The molecule has 0 spiro atoms. The topological polar surface area (TPSA) is 9.23 Å². The number of hydrogen-bond donors (Lipinski definition) is 0. The molecule has 1 saturated carbocycles. The highest BCUT2D eigenvalue weighted by Gasteiger charge is 2.44. The first kappa shape index (κ1) is 40.0. The normalized spacial score (nSPS) is 16.5. The number of hydrogen-bond acceptors (Lipinski definition) is 1. The van der Waals surface area contributed by atoms with E-state index in [9.17, 15) is 0 Å². The third-order valence-electron chi connectivity index (χ3n) is 13.0. The van der Waals surface area contributed by atoms with Crippen LogP contribution < -0.4 is 0 Å². The van der Waals surface area contributed by atoms with Crippen LogP contribution in [0.25, 0.3) is 0 Å². The predicted octanol–water partition coefficient (Wildman–Crippen LogP) is 14.4. The monoisotopic (exact) mass is 699 g/mol. The van der Waals surface area contributed by atoms with Crippen molar-refractivity contribution in [3.05, 3.63) is 144 Å². The number of methoxy groups -OCH3 is 1. The quantitative estimate of drug-likeness (QED) is 0.0886. The van der Waals surface area contributed by atoms with Gasteiger partial charge in [-0.2, -0.15) is 0 Å². The summed E-state index contributed by atoms with van der Waals surface area (Å²) < 4.78 is 5.60. The van der Waals surface area contributed by atoms with Gasteiger partial charge in [-0.05, 0) is 102 Å². The van der Waals surface area contributed by atoms with E-state index in [2.05, 4.69) is 163 Å². The molecule has 5 rings (SSSR count). The summed E-state index contributed by atoms with van der Waals surface area (Å²) >= 11 is 0. The Balaban J connectivity index is 1.38. The molecule has 0 heterocycles. The lowest BCUT2D eigenvalue weighted by Gasteiger charge is -2.50. The van der Waals surface area contributed by atoms with Gasteiger partial charge in [0, 0.05) is 24.5 Å². The predicted molar refractivity (Wildman–Crippen MR) is 224 cm³/mol. The fourth-order valence-corrected chi connectivity index (χ4v) is 10.7. The number of unbranched alkanes of at least 4 members (excludes halogenated alkanes) is 2. The average Bonchev–Trinajstić information content (AvgIpc) is 3.14. The van der Waals surface area contributed by atoms with Gasteiger partial charge in [-0.15, -0.1) is 0 Å². The van der Waals surface area contributed by atoms with Crippen molar-refractivity contribution in [1.82, 2.24) is 0 Å². The second kappa shape index (κ2) is 17.8. The lowest BCUT2D eigenvalue weighted by molar-refractivity contribution is 0.00459. The highest BCUT2D eigenvalue weighted by molar-refractivity contribution is 5.41. The van der Waals surface area contributed by atoms with Crippen LogP contribution in [0.15, 0.2) is 121 Å². The van der Waals surface area contributed by atoms with Gasteiger partial charge in [-0.25, -0.2) is 0 Å². The zero-order valence-electron chi connectivity index (χ0n) is 33.9. The van der Waals surface area contributed by atoms with Crippen molar-refractivity contribution in [3.8, 4) is 0 Å². The smallest absolute Gasteiger partial charge is 0.0462 e. The van der Waals surface area contributed by atoms with Gasteiger partial charge in [0.05, 0.1) is 0 Å². The van der Waals surface area contributed by atoms with Gasteiger partial charge in [0.25, 0.3) is 0 Å². The molecule has 0 aromatic heterocycles. The molecule has 1 fully saturated rings. The zero-order valence-corrected chi connectivity index (χ0v) is 33.9. The standard InChI is InChI=1S/C51H70O/c1-47(2)39-46(40-48(3,4)41-47)49(5,6)33-20-21-34-50(42-25-12-8-13-26-42,43-27-14-9-15-28-43)35-22-23-36-51(37-24-38-52-7,44-29-16-10-17-30-44)45-31-18-11-19-32-45/h8-19,25-32,46H,20-24,33-41H2,1-7H3. The Hall–Kier alpha value is -3.16. The largest absolute Gasteiger partial charge is 0.385 e. The highest BCUT2D eigenvalue weighted by Crippen LogP contribution is 2.54. The second-order valence-corrected chi connectivity index (χ2v) is 18.7. The van der Waals surface area contributed by atoms with Gasteiger partial charge in [0.1, 0.15) is 0 Å². The second-order valence-electron chi connectivity index (χ2n) is 18.7. The number of benzene rings is 4. The molecule has 0 unspecified atom stereocenters. The van der Waals surface area contributed by atoms with Crippen LogP contribution in [0.4, 0.5) is 0 Å². The van der Waals surface area contributed by atoms with E-state index in [0.29, 0.717) is 16.2 Å². The maximum absolute atomic E-state index is 5.60. The minimum atomic E-state index is -0.0307. The van der Waals surface area contributed by atoms with Gasteiger partial charge < -0.3 is 4.74 Å². The Kier molecular flexibility index (Phi) is 13.7. The summed E-state index contributed by atoms with van der Waals surface area (Å²) in [6.07, 6.45) is 15.9. The molecular weight excluding hydrogens is 629 g/mol. The van der Waals surface area contributed by atoms with Crippen LogP contribution in [0, 0.1) is 22.2 Å². The van der Waals surface area contributed by atoms with Gasteiger partial charge in [0.2, 0.25) is 0 Å². The van der Waals surface area contributed by atoms with E-state index in [0.717, 1.165) is 38.2 Å². The first-order chi connectivity index (χ1) is 24.9. The van der Waals surface area contributed by atoms with E-state index in [1.54, 1.807) is 0 Å². The van der Waals surface area contributed by atoms with Crippen molar-refractivity contribution >= 4 is 0 Å². The van der Waals surface area contributed by atoms with Crippen molar-refractivity contribution in [2.45, 2.75) is 136 Å². The molecule has 4 aromatic rings. The van der Waals surface area contributed by atoms with E-state index in [1.807, 2.05) is 7.11 Å². The molecule has 0 bridgehead atoms. The molecule has 0 N–H and O–H groups in total. The first-order valence-electron chi connectivity index (χ1n) is 20.6. The Bertz CT molecular complexity index is 1490. The molecule has 0 aliphatic heterocycles. The lowest BCUT2D eigenvalue weighted by atomic mass is 9.55. The Morgan fingerprint density at radius 1 is 0.481 bits per heavy atom. The fraction of sp³-hybridized carbons (Fsp3) is 0.529. The molecule has 1 aliphatic carbocycles. The fourth-order valence-electron chi connectivity index (χ4n) is 10.7. The zero-order chi connectivity index (χ0) is 37.1. The third kappa shape index (κ3) is 10.1. The molecule has 52 heavy (non-hydrogen) atoms. The van der Waals surface area contributed by atoms with E-state index >= 15 is 0 Å². The van der Waals surface area contributed by atoms with E-state index in [-0.39, 0.29) is 10.8 Å². The molecule has 0 saturated heterocycles. The summed E-state index contributed by atoms with van der Waals surface area (Å²) in [5, 5.41) is 0. The van der Waals surface area contributed by atoms with E-state index < -0.39 is 0 Å². The van der Waals surface area contributed by atoms with Crippen molar-refractivity contribution in [1.29, 1.82) is 0 Å². The molecule has 4 aromatic carbocycles. The molecule has 1 aliphatic rings. The SMILES string of the molecule is COCCCC(CCCCC(CCCCC(C)(C)C1CC(C)(C)CC(C)(C)C1)(c1ccccc1)c1ccccc1)(c1ccccc1)c1ccccc1. The van der Waals surface area contributed by atoms with Crippen LogP contribution >= 0.6 is 0 Å². The molecule has 1 heteroatoms. The van der Waals surface area contributed by atoms with Crippen LogP contribution in [0.5, 0.6) is 0 Å². The van der Waals surface area contributed by atoms with Crippen LogP contribution in [0.1, 0.15) is 147 Å². The molecule has 280 valence electrons. The van der Waals surface area contributed by atoms with E-state index in [1.165, 1.54) is 80.0 Å². The maximum atomic E-state index is 5.60. The summed E-state index contributed by atoms with van der Waals surface area (Å²) in [5.74, 6) is 0.789. The summed E-state index contributed by atoms with van der Waals surface area (Å²) in [4.78, 5) is 0. The third-order valence-corrected chi connectivity index (χ3v) is 13.0. The molecular formula is C51H70O. The first-order valence-corrected chi connectivity index (χ1v) is 20.6. The summed E-state index contributed by atoms with van der Waals surface area (Å²) in [5.41, 5.74) is 7.02. The Labute approximate surface area is 319 Å². The molecule has 0 atom stereocenters. The number of ether oxygens (including phenoxy) is 1. The maximum Gasteiger partial charge on any atom is 0.0462 e.